The summed E-state index contributed by atoms with van der Waals surface area (Å²) in [5, 5.41) is 6.31. The molecule has 1 aliphatic carbocycles. The van der Waals surface area contributed by atoms with Gasteiger partial charge in [-0.2, -0.15) is 4.98 Å². The van der Waals surface area contributed by atoms with Crippen LogP contribution in [-0.4, -0.2) is 20.1 Å². The largest absolute Gasteiger partial charge is 0.338 e. The highest BCUT2D eigenvalue weighted by Gasteiger charge is 2.20. The third-order valence-corrected chi connectivity index (χ3v) is 6.22. The Bertz CT molecular complexity index is 840. The zero-order valence-electron chi connectivity index (χ0n) is 13.2. The fraction of sp³-hybridized carbons (Fsp3) is 0.500. The van der Waals surface area contributed by atoms with Gasteiger partial charge in [-0.05, 0) is 31.2 Å². The molecular weight excluding hydrogens is 328 g/mol. The van der Waals surface area contributed by atoms with Crippen LogP contribution in [0.15, 0.2) is 15.9 Å². The van der Waals surface area contributed by atoms with Crippen LogP contribution in [0, 0.1) is 0 Å². The predicted octanol–water partition coefficient (Wildman–Crippen LogP) is 4.37. The molecule has 0 amide bonds. The van der Waals surface area contributed by atoms with Gasteiger partial charge in [0.15, 0.2) is 5.82 Å². The van der Waals surface area contributed by atoms with E-state index in [1.54, 1.807) is 18.1 Å². The molecule has 0 saturated carbocycles. The van der Waals surface area contributed by atoms with E-state index in [-0.39, 0.29) is 5.92 Å². The Kier molecular flexibility index (Phi) is 4.07. The SMILES string of the molecule is CC(C)c1noc(CSc2ncnc3sc4c(c23)CCCC4)n1. The van der Waals surface area contributed by atoms with Gasteiger partial charge in [-0.25, -0.2) is 9.97 Å². The molecule has 5 nitrogen and oxygen atoms in total. The molecule has 23 heavy (non-hydrogen) atoms. The second-order valence-electron chi connectivity index (χ2n) is 6.06. The Hall–Kier alpha value is -1.47. The molecule has 0 saturated heterocycles. The zero-order valence-corrected chi connectivity index (χ0v) is 14.8. The molecule has 0 unspecified atom stereocenters. The lowest BCUT2D eigenvalue weighted by atomic mass is 9.97. The van der Waals surface area contributed by atoms with Crippen LogP contribution in [0.5, 0.6) is 0 Å². The molecule has 0 spiro atoms. The highest BCUT2D eigenvalue weighted by atomic mass is 32.2. The summed E-state index contributed by atoms with van der Waals surface area (Å²) in [4.78, 5) is 16.0. The van der Waals surface area contributed by atoms with E-state index in [0.717, 1.165) is 22.1 Å². The van der Waals surface area contributed by atoms with Crippen molar-refractivity contribution < 1.29 is 4.52 Å². The number of thioether (sulfide) groups is 1. The lowest BCUT2D eigenvalue weighted by molar-refractivity contribution is 0.383. The Balaban J connectivity index is 1.62. The van der Waals surface area contributed by atoms with Gasteiger partial charge >= 0.3 is 0 Å². The number of thiophene rings is 1. The number of hydrogen-bond acceptors (Lipinski definition) is 7. The Morgan fingerprint density at radius 1 is 1.26 bits per heavy atom. The highest BCUT2D eigenvalue weighted by molar-refractivity contribution is 7.98. The van der Waals surface area contributed by atoms with Crippen molar-refractivity contribution in [3.63, 3.8) is 0 Å². The van der Waals surface area contributed by atoms with Crippen molar-refractivity contribution in [1.29, 1.82) is 0 Å². The van der Waals surface area contributed by atoms with Gasteiger partial charge in [0.1, 0.15) is 16.2 Å². The van der Waals surface area contributed by atoms with E-state index < -0.39 is 0 Å². The summed E-state index contributed by atoms with van der Waals surface area (Å²) in [6, 6.07) is 0. The fourth-order valence-corrected chi connectivity index (χ4v) is 5.02. The summed E-state index contributed by atoms with van der Waals surface area (Å²) in [5.74, 6) is 2.36. The van der Waals surface area contributed by atoms with E-state index in [1.165, 1.54) is 35.1 Å². The molecule has 4 rings (SSSR count). The Morgan fingerprint density at radius 2 is 2.13 bits per heavy atom. The second kappa shape index (κ2) is 6.20. The molecule has 0 aliphatic heterocycles. The van der Waals surface area contributed by atoms with Gasteiger partial charge in [-0.15, -0.1) is 11.3 Å². The lowest BCUT2D eigenvalue weighted by Gasteiger charge is -2.11. The van der Waals surface area contributed by atoms with Crippen molar-refractivity contribution in [1.82, 2.24) is 20.1 Å². The number of fused-ring (bicyclic) bond motifs is 3. The molecule has 1 aliphatic rings. The van der Waals surface area contributed by atoms with Crippen LogP contribution in [0.4, 0.5) is 0 Å². The first-order valence-corrected chi connectivity index (χ1v) is 9.73. The third kappa shape index (κ3) is 2.87. The molecule has 7 heteroatoms. The van der Waals surface area contributed by atoms with E-state index in [1.807, 2.05) is 11.3 Å². The molecule has 0 N–H and O–H groups in total. The highest BCUT2D eigenvalue weighted by Crippen LogP contribution is 2.39. The van der Waals surface area contributed by atoms with Crippen molar-refractivity contribution in [2.24, 2.45) is 0 Å². The van der Waals surface area contributed by atoms with Gasteiger partial charge in [0.25, 0.3) is 0 Å². The van der Waals surface area contributed by atoms with Crippen molar-refractivity contribution in [3.05, 3.63) is 28.5 Å². The van der Waals surface area contributed by atoms with Gasteiger partial charge in [0, 0.05) is 16.2 Å². The van der Waals surface area contributed by atoms with Gasteiger partial charge < -0.3 is 4.52 Å². The van der Waals surface area contributed by atoms with Crippen LogP contribution in [0.1, 0.15) is 54.8 Å². The summed E-state index contributed by atoms with van der Waals surface area (Å²) in [6.07, 6.45) is 6.55. The Labute approximate surface area is 142 Å². The molecule has 0 aromatic carbocycles. The van der Waals surface area contributed by atoms with Crippen LogP contribution < -0.4 is 0 Å². The average molecular weight is 346 g/mol. The minimum Gasteiger partial charge on any atom is -0.338 e. The number of nitrogens with zero attached hydrogens (tertiary/aromatic N) is 4. The maximum absolute atomic E-state index is 5.33. The van der Waals surface area contributed by atoms with Gasteiger partial charge in [-0.1, -0.05) is 30.8 Å². The van der Waals surface area contributed by atoms with Crippen LogP contribution in [-0.2, 0) is 18.6 Å². The monoisotopic (exact) mass is 346 g/mol. The van der Waals surface area contributed by atoms with E-state index in [4.69, 9.17) is 4.52 Å². The van der Waals surface area contributed by atoms with Crippen molar-refractivity contribution in [3.8, 4) is 0 Å². The number of hydrogen-bond donors (Lipinski definition) is 0. The minimum atomic E-state index is 0.284. The first-order valence-electron chi connectivity index (χ1n) is 7.93. The van der Waals surface area contributed by atoms with Crippen molar-refractivity contribution >= 4 is 33.3 Å². The number of aryl methyl sites for hydroxylation is 2. The summed E-state index contributed by atoms with van der Waals surface area (Å²) in [7, 11) is 0. The first-order chi connectivity index (χ1) is 11.2. The first kappa shape index (κ1) is 15.1. The van der Waals surface area contributed by atoms with E-state index in [2.05, 4.69) is 34.0 Å². The van der Waals surface area contributed by atoms with Gasteiger partial charge in [0.05, 0.1) is 5.75 Å². The summed E-state index contributed by atoms with van der Waals surface area (Å²) in [5.41, 5.74) is 1.47. The smallest absolute Gasteiger partial charge is 0.237 e. The summed E-state index contributed by atoms with van der Waals surface area (Å²) < 4.78 is 5.33. The average Bonchev–Trinajstić information content (AvgIpc) is 3.17. The Morgan fingerprint density at radius 3 is 2.96 bits per heavy atom. The molecule has 0 bridgehead atoms. The quantitative estimate of drug-likeness (QED) is 0.516. The van der Waals surface area contributed by atoms with Crippen LogP contribution in [0.2, 0.25) is 0 Å². The topological polar surface area (TPSA) is 64.7 Å². The second-order valence-corrected chi connectivity index (χ2v) is 8.11. The van der Waals surface area contributed by atoms with E-state index in [9.17, 15) is 0 Å². The molecule has 3 aromatic heterocycles. The fourth-order valence-electron chi connectivity index (χ4n) is 2.86. The molecule has 3 aromatic rings. The molecule has 0 radical (unpaired) electrons. The molecular formula is C16H18N4OS2. The predicted molar refractivity (Wildman–Crippen MR) is 92.0 cm³/mol. The summed E-state index contributed by atoms with van der Waals surface area (Å²) in [6.45, 7) is 4.13. The third-order valence-electron chi connectivity index (χ3n) is 4.05. The maximum atomic E-state index is 5.33. The van der Waals surface area contributed by atoms with Crippen LogP contribution in [0.25, 0.3) is 10.2 Å². The van der Waals surface area contributed by atoms with Gasteiger partial charge in [-0.3, -0.25) is 0 Å². The summed E-state index contributed by atoms with van der Waals surface area (Å²) >= 11 is 3.49. The van der Waals surface area contributed by atoms with Crippen molar-refractivity contribution in [2.45, 2.75) is 56.2 Å². The number of rotatable bonds is 4. The maximum Gasteiger partial charge on any atom is 0.237 e. The molecule has 0 atom stereocenters. The molecule has 0 fully saturated rings. The zero-order chi connectivity index (χ0) is 15.8. The van der Waals surface area contributed by atoms with E-state index in [0.29, 0.717) is 11.6 Å². The van der Waals surface area contributed by atoms with Crippen molar-refractivity contribution in [2.75, 3.05) is 0 Å². The van der Waals surface area contributed by atoms with E-state index >= 15 is 0 Å². The van der Waals surface area contributed by atoms with Crippen LogP contribution >= 0.6 is 23.1 Å². The molecule has 3 heterocycles. The normalized spacial score (nSPS) is 14.6. The minimum absolute atomic E-state index is 0.284. The molecule has 120 valence electrons. The lowest BCUT2D eigenvalue weighted by Crippen LogP contribution is -1.99. The standard InChI is InChI=1S/C16H18N4OS2/c1-9(2)14-19-12(21-20-14)7-22-15-13-10-5-3-4-6-11(10)23-16(13)18-8-17-15/h8-9H,3-7H2,1-2H3. The number of aromatic nitrogens is 4. The van der Waals surface area contributed by atoms with Gasteiger partial charge in [0.2, 0.25) is 5.89 Å². The van der Waals surface area contributed by atoms with Crippen LogP contribution in [0.3, 0.4) is 0 Å².